The SMILES string of the molecule is CC1CCC(O)(c2cncnc2)C(C)C1. The van der Waals surface area contributed by atoms with Gasteiger partial charge in [0, 0.05) is 18.0 Å². The van der Waals surface area contributed by atoms with Crippen LogP contribution in [0.15, 0.2) is 18.7 Å². The molecule has 0 amide bonds. The summed E-state index contributed by atoms with van der Waals surface area (Å²) in [5.74, 6) is 0.997. The Bertz CT molecular complexity index is 328. The van der Waals surface area contributed by atoms with Crippen LogP contribution in [0.2, 0.25) is 0 Å². The van der Waals surface area contributed by atoms with Crippen LogP contribution in [0.3, 0.4) is 0 Å². The minimum absolute atomic E-state index is 0.284. The Morgan fingerprint density at radius 3 is 2.60 bits per heavy atom. The van der Waals surface area contributed by atoms with Gasteiger partial charge in [-0.15, -0.1) is 0 Å². The van der Waals surface area contributed by atoms with Crippen LogP contribution in [0.1, 0.15) is 38.7 Å². The van der Waals surface area contributed by atoms with Crippen molar-refractivity contribution in [1.82, 2.24) is 9.97 Å². The molecule has 1 aromatic heterocycles. The average Bonchev–Trinajstić information content (AvgIpc) is 2.25. The predicted molar refractivity (Wildman–Crippen MR) is 58.1 cm³/mol. The van der Waals surface area contributed by atoms with E-state index in [1.807, 2.05) is 0 Å². The van der Waals surface area contributed by atoms with Crippen molar-refractivity contribution in [2.24, 2.45) is 11.8 Å². The van der Waals surface area contributed by atoms with E-state index in [1.165, 1.54) is 6.33 Å². The standard InChI is InChI=1S/C12H18N2O/c1-9-3-4-12(15,10(2)5-9)11-6-13-8-14-7-11/h6-10,15H,3-5H2,1-2H3. The van der Waals surface area contributed by atoms with Gasteiger partial charge in [-0.3, -0.25) is 0 Å². The molecule has 0 bridgehead atoms. The first kappa shape index (κ1) is 10.6. The number of aromatic nitrogens is 2. The summed E-state index contributed by atoms with van der Waals surface area (Å²) in [6.07, 6.45) is 7.95. The van der Waals surface area contributed by atoms with E-state index in [4.69, 9.17) is 0 Å². The molecule has 0 saturated heterocycles. The lowest BCUT2D eigenvalue weighted by Crippen LogP contribution is -2.38. The van der Waals surface area contributed by atoms with Crippen LogP contribution in [0.25, 0.3) is 0 Å². The zero-order chi connectivity index (χ0) is 10.9. The second-order valence-electron chi connectivity index (χ2n) is 4.83. The molecule has 3 unspecified atom stereocenters. The molecular formula is C12H18N2O. The average molecular weight is 206 g/mol. The van der Waals surface area contributed by atoms with Crippen molar-refractivity contribution in [3.63, 3.8) is 0 Å². The fraction of sp³-hybridized carbons (Fsp3) is 0.667. The molecule has 1 saturated carbocycles. The van der Waals surface area contributed by atoms with Crippen LogP contribution in [0.4, 0.5) is 0 Å². The lowest BCUT2D eigenvalue weighted by molar-refractivity contribution is -0.0592. The summed E-state index contributed by atoms with van der Waals surface area (Å²) < 4.78 is 0. The van der Waals surface area contributed by atoms with E-state index in [-0.39, 0.29) is 5.92 Å². The molecule has 1 heterocycles. The third-order valence-corrected chi connectivity index (χ3v) is 3.65. The highest BCUT2D eigenvalue weighted by molar-refractivity contribution is 5.16. The molecule has 0 radical (unpaired) electrons. The number of aliphatic hydroxyl groups is 1. The lowest BCUT2D eigenvalue weighted by Gasteiger charge is -2.40. The van der Waals surface area contributed by atoms with Crippen LogP contribution in [0.5, 0.6) is 0 Å². The largest absolute Gasteiger partial charge is 0.385 e. The number of rotatable bonds is 1. The highest BCUT2D eigenvalue weighted by Gasteiger charge is 2.40. The summed E-state index contributed by atoms with van der Waals surface area (Å²) in [7, 11) is 0. The lowest BCUT2D eigenvalue weighted by atomic mass is 9.70. The fourth-order valence-corrected chi connectivity index (χ4v) is 2.58. The van der Waals surface area contributed by atoms with Crippen LogP contribution in [-0.2, 0) is 5.60 Å². The molecule has 15 heavy (non-hydrogen) atoms. The van der Waals surface area contributed by atoms with Gasteiger partial charge >= 0.3 is 0 Å². The molecule has 1 fully saturated rings. The third-order valence-electron chi connectivity index (χ3n) is 3.65. The Morgan fingerprint density at radius 2 is 2.00 bits per heavy atom. The maximum Gasteiger partial charge on any atom is 0.115 e. The first-order valence-corrected chi connectivity index (χ1v) is 5.61. The monoisotopic (exact) mass is 206 g/mol. The molecular weight excluding hydrogens is 188 g/mol. The van der Waals surface area contributed by atoms with Crippen molar-refractivity contribution in [2.45, 2.75) is 38.7 Å². The van der Waals surface area contributed by atoms with Crippen molar-refractivity contribution in [3.05, 3.63) is 24.3 Å². The molecule has 1 aromatic rings. The molecule has 2 rings (SSSR count). The summed E-state index contributed by atoms with van der Waals surface area (Å²) in [6.45, 7) is 4.36. The summed E-state index contributed by atoms with van der Waals surface area (Å²) >= 11 is 0. The van der Waals surface area contributed by atoms with Crippen molar-refractivity contribution < 1.29 is 5.11 Å². The van der Waals surface area contributed by atoms with Crippen molar-refractivity contribution >= 4 is 0 Å². The molecule has 1 aliphatic carbocycles. The van der Waals surface area contributed by atoms with Gasteiger partial charge in [-0.1, -0.05) is 13.8 Å². The molecule has 0 spiro atoms. The number of nitrogens with zero attached hydrogens (tertiary/aromatic N) is 2. The van der Waals surface area contributed by atoms with Crippen molar-refractivity contribution in [3.8, 4) is 0 Å². The van der Waals surface area contributed by atoms with Gasteiger partial charge in [0.15, 0.2) is 0 Å². The third kappa shape index (κ3) is 1.88. The highest BCUT2D eigenvalue weighted by atomic mass is 16.3. The van der Waals surface area contributed by atoms with E-state index in [1.54, 1.807) is 12.4 Å². The molecule has 82 valence electrons. The Labute approximate surface area is 90.6 Å². The zero-order valence-corrected chi connectivity index (χ0v) is 9.35. The first-order chi connectivity index (χ1) is 7.13. The molecule has 1 aliphatic rings. The Balaban J connectivity index is 2.27. The molecule has 3 heteroatoms. The second-order valence-corrected chi connectivity index (χ2v) is 4.83. The van der Waals surface area contributed by atoms with Crippen molar-refractivity contribution in [2.75, 3.05) is 0 Å². The van der Waals surface area contributed by atoms with Gasteiger partial charge in [-0.05, 0) is 31.1 Å². The van der Waals surface area contributed by atoms with E-state index in [0.29, 0.717) is 5.92 Å². The zero-order valence-electron chi connectivity index (χ0n) is 9.35. The van der Waals surface area contributed by atoms with Crippen LogP contribution in [-0.4, -0.2) is 15.1 Å². The minimum Gasteiger partial charge on any atom is -0.385 e. The second kappa shape index (κ2) is 3.89. The summed E-state index contributed by atoms with van der Waals surface area (Å²) in [5.41, 5.74) is 0.151. The molecule has 0 aromatic carbocycles. The maximum atomic E-state index is 10.6. The smallest absolute Gasteiger partial charge is 0.115 e. The summed E-state index contributed by atoms with van der Waals surface area (Å²) in [5, 5.41) is 10.6. The molecule has 0 aliphatic heterocycles. The minimum atomic E-state index is -0.715. The highest BCUT2D eigenvalue weighted by Crippen LogP contribution is 2.42. The molecule has 1 N–H and O–H groups in total. The Hall–Kier alpha value is -0.960. The van der Waals surface area contributed by atoms with Gasteiger partial charge in [0.05, 0.1) is 5.60 Å². The van der Waals surface area contributed by atoms with Crippen molar-refractivity contribution in [1.29, 1.82) is 0 Å². The Morgan fingerprint density at radius 1 is 1.33 bits per heavy atom. The van der Waals surface area contributed by atoms with Gasteiger partial charge in [0.1, 0.15) is 6.33 Å². The van der Waals surface area contributed by atoms with Gasteiger partial charge in [0.25, 0.3) is 0 Å². The topological polar surface area (TPSA) is 46.0 Å². The van der Waals surface area contributed by atoms with E-state index < -0.39 is 5.60 Å². The van der Waals surface area contributed by atoms with E-state index in [9.17, 15) is 5.11 Å². The van der Waals surface area contributed by atoms with Crippen LogP contribution in [0, 0.1) is 11.8 Å². The fourth-order valence-electron chi connectivity index (χ4n) is 2.58. The van der Waals surface area contributed by atoms with Crippen LogP contribution >= 0.6 is 0 Å². The van der Waals surface area contributed by atoms with E-state index >= 15 is 0 Å². The van der Waals surface area contributed by atoms with Gasteiger partial charge < -0.3 is 5.11 Å². The maximum absolute atomic E-state index is 10.6. The molecule has 3 atom stereocenters. The van der Waals surface area contributed by atoms with Gasteiger partial charge in [0.2, 0.25) is 0 Å². The number of hydrogen-bond donors (Lipinski definition) is 1. The van der Waals surface area contributed by atoms with Gasteiger partial charge in [-0.25, -0.2) is 9.97 Å². The van der Waals surface area contributed by atoms with Crippen LogP contribution < -0.4 is 0 Å². The van der Waals surface area contributed by atoms with E-state index in [0.717, 1.165) is 24.8 Å². The Kier molecular flexibility index (Phi) is 2.74. The first-order valence-electron chi connectivity index (χ1n) is 5.61. The quantitative estimate of drug-likeness (QED) is 0.765. The summed E-state index contributed by atoms with van der Waals surface area (Å²) in [4.78, 5) is 7.97. The predicted octanol–water partition coefficient (Wildman–Crippen LogP) is 2.12. The number of hydrogen-bond acceptors (Lipinski definition) is 3. The summed E-state index contributed by atoms with van der Waals surface area (Å²) in [6, 6.07) is 0. The molecule has 3 nitrogen and oxygen atoms in total. The van der Waals surface area contributed by atoms with Gasteiger partial charge in [-0.2, -0.15) is 0 Å². The normalized spacial score (nSPS) is 36.5. The van der Waals surface area contributed by atoms with E-state index in [2.05, 4.69) is 23.8 Å².